The molecule has 3 N–H and O–H groups in total. The maximum absolute atomic E-state index is 12.7. The number of amides is 1. The molecule has 0 saturated carbocycles. The third-order valence-electron chi connectivity index (χ3n) is 5.83. The Morgan fingerprint density at radius 3 is 1.95 bits per heavy atom. The van der Waals surface area contributed by atoms with E-state index in [-0.39, 0.29) is 25.0 Å². The van der Waals surface area contributed by atoms with Gasteiger partial charge in [-0.1, -0.05) is 16.9 Å². The molecule has 0 aromatic heterocycles. The normalized spacial score (nSPS) is 12.5. The van der Waals surface area contributed by atoms with Crippen LogP contribution in [0.2, 0.25) is 0 Å². The summed E-state index contributed by atoms with van der Waals surface area (Å²) in [4.78, 5) is 35.1. The first-order valence-electron chi connectivity index (χ1n) is 12.6. The molecule has 0 spiro atoms. The molecule has 2 rings (SSSR count). The highest BCUT2D eigenvalue weighted by Crippen LogP contribution is 2.59. The van der Waals surface area contributed by atoms with Crippen molar-refractivity contribution >= 4 is 46.9 Å². The van der Waals surface area contributed by atoms with Crippen LogP contribution in [0, 0.1) is 0 Å². The van der Waals surface area contributed by atoms with Crippen LogP contribution in [-0.4, -0.2) is 99.8 Å². The molecule has 13 nitrogen and oxygen atoms in total. The van der Waals surface area contributed by atoms with Crippen molar-refractivity contribution in [3.05, 3.63) is 59.7 Å². The van der Waals surface area contributed by atoms with Gasteiger partial charge >= 0.3 is 23.0 Å². The van der Waals surface area contributed by atoms with Crippen LogP contribution in [-0.2, 0) is 41.1 Å². The number of methoxy groups -OCH3 is 1. The van der Waals surface area contributed by atoms with Crippen molar-refractivity contribution < 1.29 is 41.9 Å². The maximum Gasteiger partial charge on any atom is 0.540 e. The van der Waals surface area contributed by atoms with Gasteiger partial charge in [0.15, 0.2) is 18.3 Å². The lowest BCUT2D eigenvalue weighted by atomic mass is 10.1. The number of carbonyl (C=O) groups is 1. The summed E-state index contributed by atoms with van der Waals surface area (Å²) in [6.07, 6.45) is 2.02. The molecular formula is C25H40N4O9P3S+3. The number of benzene rings is 2. The summed E-state index contributed by atoms with van der Waals surface area (Å²) in [5, 5.41) is 7.21. The Morgan fingerprint density at radius 2 is 1.45 bits per heavy atom. The first-order chi connectivity index (χ1) is 20.0. The average molecular weight is 666 g/mol. The molecule has 2 aromatic carbocycles. The van der Waals surface area contributed by atoms with Gasteiger partial charge in [0.2, 0.25) is 17.7 Å². The fraction of sp³-hybridized carbons (Fsp3) is 0.440. The van der Waals surface area contributed by atoms with E-state index in [2.05, 4.69) is 10.4 Å². The molecule has 1 amide bonds. The van der Waals surface area contributed by atoms with Gasteiger partial charge in [-0.3, -0.25) is 9.32 Å². The monoisotopic (exact) mass is 665 g/mol. The Hall–Kier alpha value is -1.92. The van der Waals surface area contributed by atoms with Crippen LogP contribution in [0.1, 0.15) is 11.1 Å². The second-order valence-corrected chi connectivity index (χ2v) is 15.4. The molecule has 0 saturated heterocycles. The molecule has 0 heterocycles. The van der Waals surface area contributed by atoms with Crippen molar-refractivity contribution in [3.8, 4) is 11.5 Å². The number of rotatable bonds is 19. The number of ether oxygens (including phenoxy) is 1. The lowest BCUT2D eigenvalue weighted by molar-refractivity contribution is -0.121. The Labute approximate surface area is 254 Å². The highest BCUT2D eigenvalue weighted by molar-refractivity contribution is 8.02. The number of carbonyl (C=O) groups excluding carboxylic acids is 1. The predicted molar refractivity (Wildman–Crippen MR) is 169 cm³/mol. The number of nitrogens with one attached hydrogen (secondary N) is 1. The van der Waals surface area contributed by atoms with Gasteiger partial charge in [0, 0.05) is 6.54 Å². The van der Waals surface area contributed by atoms with Crippen molar-refractivity contribution in [1.82, 2.24) is 15.0 Å². The van der Waals surface area contributed by atoms with E-state index in [0.29, 0.717) is 18.7 Å². The molecular weight excluding hydrogens is 625 g/mol. The fourth-order valence-electron chi connectivity index (χ4n) is 3.38. The molecule has 42 heavy (non-hydrogen) atoms. The highest BCUT2D eigenvalue weighted by Gasteiger charge is 2.47. The molecule has 1 unspecified atom stereocenters. The smallest absolute Gasteiger partial charge is 0.497 e. The van der Waals surface area contributed by atoms with E-state index in [0.717, 1.165) is 16.9 Å². The van der Waals surface area contributed by atoms with E-state index in [1.807, 2.05) is 48.5 Å². The molecule has 232 valence electrons. The van der Waals surface area contributed by atoms with Crippen LogP contribution >= 0.6 is 23.0 Å². The molecule has 0 aliphatic heterocycles. The van der Waals surface area contributed by atoms with Crippen LogP contribution in [0.15, 0.2) is 53.6 Å². The summed E-state index contributed by atoms with van der Waals surface area (Å²) < 4.78 is 33.0. The topological polar surface area (TPSA) is 144 Å². The molecule has 0 bridgehead atoms. The molecule has 0 radical (unpaired) electrons. The molecule has 0 aliphatic rings. The Bertz CT molecular complexity index is 1130. The van der Waals surface area contributed by atoms with E-state index >= 15 is 0 Å². The van der Waals surface area contributed by atoms with Crippen LogP contribution in [0.3, 0.4) is 0 Å². The average Bonchev–Trinajstić information content (AvgIpc) is 3.00. The summed E-state index contributed by atoms with van der Waals surface area (Å²) in [5.41, 5.74) is 1.89. The zero-order chi connectivity index (χ0) is 31.2. The Morgan fingerprint density at radius 1 is 0.929 bits per heavy atom. The third-order valence-corrected chi connectivity index (χ3v) is 11.5. The van der Waals surface area contributed by atoms with Crippen LogP contribution < -0.4 is 14.6 Å². The zero-order valence-electron chi connectivity index (χ0n) is 24.6. The van der Waals surface area contributed by atoms with Gasteiger partial charge in [-0.25, -0.2) is 4.90 Å². The van der Waals surface area contributed by atoms with Crippen molar-refractivity contribution in [2.75, 3.05) is 68.3 Å². The van der Waals surface area contributed by atoms with Crippen LogP contribution in [0.5, 0.6) is 11.5 Å². The van der Waals surface area contributed by atoms with Crippen molar-refractivity contribution in [1.29, 1.82) is 0 Å². The van der Waals surface area contributed by atoms with Gasteiger partial charge in [-0.05, 0) is 53.9 Å². The summed E-state index contributed by atoms with van der Waals surface area (Å²) in [5.74, 6) is 1.07. The lowest BCUT2D eigenvalue weighted by Gasteiger charge is -2.25. The quantitative estimate of drug-likeness (QED) is 0.114. The first-order valence-corrected chi connectivity index (χ1v) is 18.3. The number of hydrazone groups is 1. The van der Waals surface area contributed by atoms with Crippen molar-refractivity contribution in [2.24, 2.45) is 5.10 Å². The van der Waals surface area contributed by atoms with Gasteiger partial charge in [0.25, 0.3) is 0 Å². The van der Waals surface area contributed by atoms with E-state index in [1.165, 1.54) is 33.3 Å². The first kappa shape index (κ1) is 36.3. The van der Waals surface area contributed by atoms with Crippen LogP contribution in [0.4, 0.5) is 0 Å². The molecule has 0 aliphatic carbocycles. The SMILES string of the molecule is COc1ccc(C=NN(C)[P+](=S)Oc2ccc(CCNC(=O)CN(C[P+](O)(OC)OC)C[P+](O)(OC)OC)cc2)cc1. The number of hydrogen-bond donors (Lipinski definition) is 3. The molecule has 0 fully saturated rings. The summed E-state index contributed by atoms with van der Waals surface area (Å²) in [6.45, 7) is 0.221. The minimum Gasteiger partial charge on any atom is -0.497 e. The highest BCUT2D eigenvalue weighted by atomic mass is 32.4. The van der Waals surface area contributed by atoms with E-state index in [1.54, 1.807) is 25.2 Å². The minimum absolute atomic E-state index is 0.128. The van der Waals surface area contributed by atoms with E-state index < -0.39 is 23.0 Å². The largest absolute Gasteiger partial charge is 0.540 e. The maximum atomic E-state index is 12.7. The fourth-order valence-corrected chi connectivity index (χ4v) is 6.65. The Balaban J connectivity index is 1.86. The second kappa shape index (κ2) is 18.0. The summed E-state index contributed by atoms with van der Waals surface area (Å²) in [6, 6.07) is 14.9. The molecule has 2 aromatic rings. The number of nitrogens with zero attached hydrogens (tertiary/aromatic N) is 3. The van der Waals surface area contributed by atoms with Crippen molar-refractivity contribution in [2.45, 2.75) is 6.42 Å². The van der Waals surface area contributed by atoms with Gasteiger partial charge in [0.05, 0.1) is 55.4 Å². The third kappa shape index (κ3) is 12.4. The summed E-state index contributed by atoms with van der Waals surface area (Å²) in [7, 11) is 0.685. The van der Waals surface area contributed by atoms with E-state index in [4.69, 9.17) is 39.2 Å². The summed E-state index contributed by atoms with van der Waals surface area (Å²) >= 11 is 5.48. The lowest BCUT2D eigenvalue weighted by Crippen LogP contribution is -2.40. The number of hydrogen-bond acceptors (Lipinski definition) is 12. The van der Waals surface area contributed by atoms with E-state index in [9.17, 15) is 14.6 Å². The van der Waals surface area contributed by atoms with Gasteiger partial charge < -0.3 is 10.1 Å². The van der Waals surface area contributed by atoms with Crippen molar-refractivity contribution in [3.63, 3.8) is 0 Å². The molecule has 17 heteroatoms. The van der Waals surface area contributed by atoms with Gasteiger partial charge in [-0.15, -0.1) is 5.10 Å². The van der Waals surface area contributed by atoms with Gasteiger partial charge in [0.1, 0.15) is 5.75 Å². The second-order valence-electron chi connectivity index (χ2n) is 8.70. The Kier molecular flexibility index (Phi) is 15.6. The van der Waals surface area contributed by atoms with Crippen LogP contribution in [0.25, 0.3) is 0 Å². The zero-order valence-corrected chi connectivity index (χ0v) is 28.1. The predicted octanol–water partition coefficient (Wildman–Crippen LogP) is 3.78. The minimum atomic E-state index is -3.26. The van der Waals surface area contributed by atoms with Gasteiger partial charge in [-0.2, -0.15) is 27.9 Å². The molecule has 1 atom stereocenters. The standard InChI is InChI=1S/C25H39N4O9P3S/c1-28(27-17-22-9-11-23(33-2)12-10-22)39(42)38-24-13-7-21(8-14-24)15-16-26-25(30)18-29(19-40(31,34-3)35-4)20-41(32,36-5)37-6/h7-14,17,31-32H,15-16,18-20H2,1-6H3/q+2/p+1.